The van der Waals surface area contributed by atoms with Crippen molar-refractivity contribution in [3.05, 3.63) is 0 Å². The van der Waals surface area contributed by atoms with E-state index in [2.05, 4.69) is 5.32 Å². The fourth-order valence-corrected chi connectivity index (χ4v) is 2.33. The van der Waals surface area contributed by atoms with Crippen LogP contribution in [0, 0.1) is 10.8 Å². The highest BCUT2D eigenvalue weighted by Crippen LogP contribution is 2.24. The average molecular weight is 329 g/mol. The Bertz CT molecular complexity index is 330. The molecular formula is C18H35NO4. The van der Waals surface area contributed by atoms with Crippen molar-refractivity contribution in [3.8, 4) is 0 Å². The van der Waals surface area contributed by atoms with Crippen LogP contribution in [0.3, 0.4) is 0 Å². The lowest BCUT2D eigenvalue weighted by Gasteiger charge is -2.18. The van der Waals surface area contributed by atoms with Crippen LogP contribution in [0.1, 0.15) is 79.1 Å². The predicted molar refractivity (Wildman–Crippen MR) is 92.6 cm³/mol. The summed E-state index contributed by atoms with van der Waals surface area (Å²) in [4.78, 5) is 21.9. The number of aliphatic carboxylic acids is 2. The second-order valence-corrected chi connectivity index (χ2v) is 7.75. The summed E-state index contributed by atoms with van der Waals surface area (Å²) in [5, 5.41) is 21.4. The van der Waals surface area contributed by atoms with Crippen LogP contribution in [-0.4, -0.2) is 35.2 Å². The van der Waals surface area contributed by atoms with Crippen molar-refractivity contribution in [1.29, 1.82) is 0 Å². The molecule has 136 valence electrons. The number of carboxylic acid groups (broad SMARTS) is 2. The maximum atomic E-state index is 11.0. The molecule has 0 radical (unpaired) electrons. The molecule has 3 N–H and O–H groups in total. The van der Waals surface area contributed by atoms with Gasteiger partial charge in [-0.05, 0) is 66.5 Å². The highest BCUT2D eigenvalue weighted by Gasteiger charge is 2.26. The van der Waals surface area contributed by atoms with Crippen LogP contribution in [0.15, 0.2) is 0 Å². The van der Waals surface area contributed by atoms with Crippen molar-refractivity contribution in [2.45, 2.75) is 79.1 Å². The van der Waals surface area contributed by atoms with Gasteiger partial charge in [-0.2, -0.15) is 0 Å². The van der Waals surface area contributed by atoms with Crippen LogP contribution in [0.5, 0.6) is 0 Å². The van der Waals surface area contributed by atoms with Gasteiger partial charge in [-0.25, -0.2) is 0 Å². The first-order valence-corrected chi connectivity index (χ1v) is 8.77. The van der Waals surface area contributed by atoms with Crippen LogP contribution >= 0.6 is 0 Å². The van der Waals surface area contributed by atoms with E-state index in [1.807, 2.05) is 0 Å². The number of carboxylic acids is 2. The molecule has 0 aliphatic heterocycles. The lowest BCUT2D eigenvalue weighted by molar-refractivity contribution is -0.148. The number of hydrogen-bond acceptors (Lipinski definition) is 3. The van der Waals surface area contributed by atoms with Crippen molar-refractivity contribution in [3.63, 3.8) is 0 Å². The Hall–Kier alpha value is -1.10. The van der Waals surface area contributed by atoms with Crippen molar-refractivity contribution >= 4 is 11.9 Å². The molecule has 0 saturated heterocycles. The van der Waals surface area contributed by atoms with Gasteiger partial charge in [-0.3, -0.25) is 9.59 Å². The van der Waals surface area contributed by atoms with Crippen molar-refractivity contribution < 1.29 is 19.8 Å². The molecule has 0 spiro atoms. The van der Waals surface area contributed by atoms with Gasteiger partial charge in [0.15, 0.2) is 0 Å². The molecule has 0 aromatic rings. The molecule has 0 atom stereocenters. The predicted octanol–water partition coefficient (Wildman–Crippen LogP) is 3.92. The summed E-state index contributed by atoms with van der Waals surface area (Å²) >= 11 is 0. The second-order valence-electron chi connectivity index (χ2n) is 7.75. The maximum Gasteiger partial charge on any atom is 0.309 e. The Morgan fingerprint density at radius 2 is 1.04 bits per heavy atom. The summed E-state index contributed by atoms with van der Waals surface area (Å²) in [6.45, 7) is 9.04. The molecule has 0 aliphatic carbocycles. The normalized spacial score (nSPS) is 12.3. The number of hydrogen-bond donors (Lipinski definition) is 3. The van der Waals surface area contributed by atoms with Crippen LogP contribution in [0.2, 0.25) is 0 Å². The second kappa shape index (κ2) is 10.6. The van der Waals surface area contributed by atoms with Crippen LogP contribution in [0.25, 0.3) is 0 Å². The molecule has 0 bridgehead atoms. The van der Waals surface area contributed by atoms with Gasteiger partial charge in [0.25, 0.3) is 0 Å². The molecule has 0 aliphatic rings. The van der Waals surface area contributed by atoms with Gasteiger partial charge in [0.05, 0.1) is 10.8 Å². The van der Waals surface area contributed by atoms with Crippen LogP contribution < -0.4 is 5.32 Å². The minimum absolute atomic E-state index is 0.614. The molecule has 0 saturated carbocycles. The first-order chi connectivity index (χ1) is 10.6. The molecule has 0 aromatic carbocycles. The zero-order valence-corrected chi connectivity index (χ0v) is 15.3. The van der Waals surface area contributed by atoms with Gasteiger partial charge in [0, 0.05) is 0 Å². The van der Waals surface area contributed by atoms with Gasteiger partial charge < -0.3 is 15.5 Å². The van der Waals surface area contributed by atoms with Gasteiger partial charge >= 0.3 is 11.9 Å². The SMILES string of the molecule is CC(C)(CCCCCNCCCCCC(C)(C)C(=O)O)C(=O)O. The van der Waals surface area contributed by atoms with Crippen LogP contribution in [-0.2, 0) is 9.59 Å². The average Bonchev–Trinajstić information content (AvgIpc) is 2.44. The van der Waals surface area contributed by atoms with Gasteiger partial charge in [0.1, 0.15) is 0 Å². The summed E-state index contributed by atoms with van der Waals surface area (Å²) in [7, 11) is 0. The summed E-state index contributed by atoms with van der Waals surface area (Å²) < 4.78 is 0. The highest BCUT2D eigenvalue weighted by molar-refractivity contribution is 5.73. The van der Waals surface area contributed by atoms with E-state index in [0.717, 1.165) is 64.5 Å². The van der Waals surface area contributed by atoms with Gasteiger partial charge in [-0.1, -0.05) is 25.7 Å². The zero-order valence-electron chi connectivity index (χ0n) is 15.3. The van der Waals surface area contributed by atoms with E-state index in [9.17, 15) is 9.59 Å². The topological polar surface area (TPSA) is 86.6 Å². The molecule has 0 heterocycles. The van der Waals surface area contributed by atoms with Crippen molar-refractivity contribution in [2.75, 3.05) is 13.1 Å². The minimum atomic E-state index is -0.721. The molecule has 0 unspecified atom stereocenters. The van der Waals surface area contributed by atoms with E-state index in [0.29, 0.717) is 0 Å². The smallest absolute Gasteiger partial charge is 0.309 e. The quantitative estimate of drug-likeness (QED) is 0.420. The number of rotatable bonds is 14. The summed E-state index contributed by atoms with van der Waals surface area (Å²) in [6.07, 6.45) is 7.59. The number of unbranched alkanes of at least 4 members (excludes halogenated alkanes) is 4. The number of nitrogens with one attached hydrogen (secondary N) is 1. The van der Waals surface area contributed by atoms with Crippen molar-refractivity contribution in [2.24, 2.45) is 10.8 Å². The lowest BCUT2D eigenvalue weighted by Crippen LogP contribution is -2.23. The molecule has 23 heavy (non-hydrogen) atoms. The largest absolute Gasteiger partial charge is 0.481 e. The summed E-state index contributed by atoms with van der Waals surface area (Å²) in [6, 6.07) is 0. The minimum Gasteiger partial charge on any atom is -0.481 e. The molecule has 0 aromatic heterocycles. The Kier molecular flexibility index (Phi) is 10.1. The molecule has 0 fully saturated rings. The Morgan fingerprint density at radius 3 is 1.35 bits per heavy atom. The standard InChI is InChI=1S/C18H35NO4/c1-17(2,15(20)21)11-7-5-9-13-19-14-10-6-8-12-18(3,4)16(22)23/h19H,5-14H2,1-4H3,(H,20,21)(H,22,23). The summed E-state index contributed by atoms with van der Waals surface area (Å²) in [5.74, 6) is -1.44. The van der Waals surface area contributed by atoms with E-state index in [1.165, 1.54) is 0 Å². The lowest BCUT2D eigenvalue weighted by atomic mass is 9.87. The molecule has 5 heteroatoms. The fourth-order valence-electron chi connectivity index (χ4n) is 2.33. The molecule has 0 amide bonds. The molecule has 5 nitrogen and oxygen atoms in total. The summed E-state index contributed by atoms with van der Waals surface area (Å²) in [5.41, 5.74) is -1.23. The number of carbonyl (C=O) groups is 2. The Morgan fingerprint density at radius 1 is 0.696 bits per heavy atom. The van der Waals surface area contributed by atoms with E-state index < -0.39 is 22.8 Å². The van der Waals surface area contributed by atoms with E-state index in [-0.39, 0.29) is 0 Å². The van der Waals surface area contributed by atoms with E-state index >= 15 is 0 Å². The zero-order chi connectivity index (χ0) is 17.9. The Labute approximate surface area is 140 Å². The molecular weight excluding hydrogens is 294 g/mol. The highest BCUT2D eigenvalue weighted by atomic mass is 16.4. The first kappa shape index (κ1) is 21.9. The third-order valence-corrected chi connectivity index (χ3v) is 4.47. The fraction of sp³-hybridized carbons (Fsp3) is 0.889. The van der Waals surface area contributed by atoms with Crippen LogP contribution in [0.4, 0.5) is 0 Å². The van der Waals surface area contributed by atoms with Gasteiger partial charge in [-0.15, -0.1) is 0 Å². The third kappa shape index (κ3) is 10.3. The third-order valence-electron chi connectivity index (χ3n) is 4.47. The van der Waals surface area contributed by atoms with Gasteiger partial charge in [0.2, 0.25) is 0 Å². The van der Waals surface area contributed by atoms with E-state index in [4.69, 9.17) is 10.2 Å². The first-order valence-electron chi connectivity index (χ1n) is 8.77. The monoisotopic (exact) mass is 329 g/mol. The Balaban J connectivity index is 3.41. The van der Waals surface area contributed by atoms with Crippen molar-refractivity contribution in [1.82, 2.24) is 5.32 Å². The maximum absolute atomic E-state index is 11.0. The molecule has 0 rings (SSSR count). The van der Waals surface area contributed by atoms with E-state index in [1.54, 1.807) is 27.7 Å².